The third kappa shape index (κ3) is 69.3. The van der Waals surface area contributed by atoms with Crippen LogP contribution in [0.15, 0.2) is 24.3 Å². The second kappa shape index (κ2) is 72.8. The third-order valence-electron chi connectivity index (χ3n) is 18.0. The summed E-state index contributed by atoms with van der Waals surface area (Å²) in [6.07, 6.45) is 92.5. The van der Waals surface area contributed by atoms with Gasteiger partial charge in [0, 0.05) is 12.8 Å². The van der Waals surface area contributed by atoms with Gasteiger partial charge < -0.3 is 20.3 Å². The number of unbranched alkanes of at least 4 members (excludes halogenated alkanes) is 57. The van der Waals surface area contributed by atoms with Gasteiger partial charge in [-0.1, -0.05) is 366 Å². The van der Waals surface area contributed by atoms with Gasteiger partial charge >= 0.3 is 5.97 Å². The molecule has 3 N–H and O–H groups in total. The summed E-state index contributed by atoms with van der Waals surface area (Å²) < 4.78 is 5.51. The van der Waals surface area contributed by atoms with Gasteiger partial charge in [-0.05, 0) is 77.0 Å². The fourth-order valence-electron chi connectivity index (χ4n) is 12.2. The van der Waals surface area contributed by atoms with Crippen molar-refractivity contribution in [1.82, 2.24) is 5.32 Å². The molecule has 0 aromatic rings. The topological polar surface area (TPSA) is 95.9 Å². The van der Waals surface area contributed by atoms with Crippen LogP contribution in [0.25, 0.3) is 0 Å². The number of rotatable bonds is 72. The number of hydrogen-bond acceptors (Lipinski definition) is 5. The van der Waals surface area contributed by atoms with E-state index in [0.29, 0.717) is 25.9 Å². The molecule has 6 nitrogen and oxygen atoms in total. The zero-order valence-corrected chi connectivity index (χ0v) is 56.5. The van der Waals surface area contributed by atoms with E-state index in [2.05, 4.69) is 43.5 Å². The highest BCUT2D eigenvalue weighted by Gasteiger charge is 2.20. The molecule has 0 heterocycles. The Bertz CT molecular complexity index is 1300. The molecule has 2 unspecified atom stereocenters. The number of esters is 1. The Morgan fingerprint density at radius 3 is 0.855 bits per heavy atom. The van der Waals surface area contributed by atoms with Crippen molar-refractivity contribution >= 4 is 11.9 Å². The molecule has 492 valence electrons. The maximum atomic E-state index is 12.5. The second-order valence-corrected chi connectivity index (χ2v) is 26.3. The van der Waals surface area contributed by atoms with Crippen LogP contribution in [0.1, 0.15) is 431 Å². The predicted molar refractivity (Wildman–Crippen MR) is 366 cm³/mol. The molecule has 0 radical (unpaired) electrons. The van der Waals surface area contributed by atoms with Crippen LogP contribution in [-0.2, 0) is 14.3 Å². The average Bonchev–Trinajstić information content (AvgIpc) is 3.49. The van der Waals surface area contributed by atoms with E-state index >= 15 is 0 Å². The normalized spacial score (nSPS) is 12.6. The highest BCUT2D eigenvalue weighted by molar-refractivity contribution is 5.76. The molecule has 0 saturated carbocycles. The Hall–Kier alpha value is -1.66. The lowest BCUT2D eigenvalue weighted by atomic mass is 10.0. The predicted octanol–water partition coefficient (Wildman–Crippen LogP) is 24.9. The molecule has 83 heavy (non-hydrogen) atoms. The maximum Gasteiger partial charge on any atom is 0.305 e. The highest BCUT2D eigenvalue weighted by atomic mass is 16.5. The van der Waals surface area contributed by atoms with Crippen molar-refractivity contribution in [3.8, 4) is 0 Å². The number of carbonyl (C=O) groups is 2. The van der Waals surface area contributed by atoms with Crippen molar-refractivity contribution in [2.75, 3.05) is 13.2 Å². The Balaban J connectivity index is 3.36. The molecule has 0 aliphatic rings. The number of hydrogen-bond donors (Lipinski definition) is 3. The number of allylic oxidation sites excluding steroid dienone is 4. The van der Waals surface area contributed by atoms with Gasteiger partial charge in [-0.15, -0.1) is 0 Å². The van der Waals surface area contributed by atoms with Crippen molar-refractivity contribution in [2.24, 2.45) is 0 Å². The Morgan fingerprint density at radius 2 is 0.566 bits per heavy atom. The summed E-state index contributed by atoms with van der Waals surface area (Å²) in [7, 11) is 0. The van der Waals surface area contributed by atoms with Crippen LogP contribution in [0.5, 0.6) is 0 Å². The maximum absolute atomic E-state index is 12.5. The zero-order chi connectivity index (χ0) is 59.9. The van der Waals surface area contributed by atoms with Crippen LogP contribution < -0.4 is 5.32 Å². The average molecular weight is 1170 g/mol. The van der Waals surface area contributed by atoms with Crippen molar-refractivity contribution in [1.29, 1.82) is 0 Å². The van der Waals surface area contributed by atoms with E-state index in [1.165, 1.54) is 353 Å². The number of ether oxygens (including phenoxy) is 1. The monoisotopic (exact) mass is 1170 g/mol. The van der Waals surface area contributed by atoms with Gasteiger partial charge in [-0.25, -0.2) is 0 Å². The molecule has 0 aliphatic carbocycles. The van der Waals surface area contributed by atoms with Gasteiger partial charge in [-0.3, -0.25) is 9.59 Å². The molecule has 0 bridgehead atoms. The van der Waals surface area contributed by atoms with Crippen LogP contribution >= 0.6 is 0 Å². The summed E-state index contributed by atoms with van der Waals surface area (Å²) >= 11 is 0. The fourth-order valence-corrected chi connectivity index (χ4v) is 12.2. The van der Waals surface area contributed by atoms with Crippen molar-refractivity contribution in [3.63, 3.8) is 0 Å². The van der Waals surface area contributed by atoms with E-state index in [1.807, 2.05) is 0 Å². The van der Waals surface area contributed by atoms with Crippen LogP contribution in [0.4, 0.5) is 0 Å². The third-order valence-corrected chi connectivity index (χ3v) is 18.0. The summed E-state index contributed by atoms with van der Waals surface area (Å²) in [4.78, 5) is 24.7. The molecule has 0 aliphatic heterocycles. The van der Waals surface area contributed by atoms with Crippen LogP contribution in [0, 0.1) is 0 Å². The van der Waals surface area contributed by atoms with Crippen molar-refractivity contribution < 1.29 is 24.5 Å². The first kappa shape index (κ1) is 81.3. The first-order valence-corrected chi connectivity index (χ1v) is 38.1. The Kier molecular flexibility index (Phi) is 71.4. The fraction of sp³-hybridized carbons (Fsp3) is 0.922. The van der Waals surface area contributed by atoms with Crippen LogP contribution in [-0.4, -0.2) is 47.4 Å². The van der Waals surface area contributed by atoms with Gasteiger partial charge in [0.05, 0.1) is 25.4 Å². The van der Waals surface area contributed by atoms with E-state index in [9.17, 15) is 19.8 Å². The minimum atomic E-state index is -0.664. The summed E-state index contributed by atoms with van der Waals surface area (Å²) in [5.41, 5.74) is 0. The number of amides is 1. The SMILES string of the molecule is CCCCCCCCC/C=C\CCCCCCCCCC(=O)OCCCCCCCCCCCCCC/C=C\CCCCCCCCCCCCCCCC(=O)NC(CO)C(O)CCCCCCCCCCCCCCCCCCCCC. The number of aliphatic hydroxyl groups is 2. The lowest BCUT2D eigenvalue weighted by Crippen LogP contribution is -2.45. The minimum absolute atomic E-state index is 0.0146. The zero-order valence-electron chi connectivity index (χ0n) is 56.5. The Morgan fingerprint density at radius 1 is 0.325 bits per heavy atom. The Labute approximate surface area is 520 Å². The minimum Gasteiger partial charge on any atom is -0.466 e. The molecule has 0 spiro atoms. The number of aliphatic hydroxyl groups excluding tert-OH is 2. The van der Waals surface area contributed by atoms with E-state index in [-0.39, 0.29) is 18.5 Å². The van der Waals surface area contributed by atoms with Gasteiger partial charge in [0.15, 0.2) is 0 Å². The number of carbonyl (C=O) groups excluding carboxylic acids is 2. The molecule has 6 heteroatoms. The summed E-state index contributed by atoms with van der Waals surface area (Å²) in [5, 5.41) is 23.4. The quantitative estimate of drug-likeness (QED) is 0.0320. The van der Waals surface area contributed by atoms with Crippen molar-refractivity contribution in [3.05, 3.63) is 24.3 Å². The number of nitrogens with one attached hydrogen (secondary N) is 1. The first-order chi connectivity index (χ1) is 41.0. The van der Waals surface area contributed by atoms with Gasteiger partial charge in [0.25, 0.3) is 0 Å². The highest BCUT2D eigenvalue weighted by Crippen LogP contribution is 2.19. The largest absolute Gasteiger partial charge is 0.466 e. The molecule has 0 saturated heterocycles. The summed E-state index contributed by atoms with van der Waals surface area (Å²) in [6, 6.07) is -0.541. The second-order valence-electron chi connectivity index (χ2n) is 26.3. The van der Waals surface area contributed by atoms with Crippen LogP contribution in [0.2, 0.25) is 0 Å². The van der Waals surface area contributed by atoms with E-state index in [0.717, 1.165) is 44.9 Å². The lowest BCUT2D eigenvalue weighted by Gasteiger charge is -2.22. The smallest absolute Gasteiger partial charge is 0.305 e. The van der Waals surface area contributed by atoms with Crippen LogP contribution in [0.3, 0.4) is 0 Å². The van der Waals surface area contributed by atoms with Gasteiger partial charge in [-0.2, -0.15) is 0 Å². The summed E-state index contributed by atoms with van der Waals surface area (Å²) in [5.74, 6) is -0.0151. The molecule has 0 aromatic carbocycles. The molecule has 0 aromatic heterocycles. The standard InChI is InChI=1S/C77H149NO5/c1-3-5-7-9-11-13-15-17-19-21-34-37-41-45-49-53-57-61-65-69-75(80)74(73-79)78-76(81)70-66-62-58-54-50-46-42-38-35-32-30-28-26-24-23-25-27-29-31-33-36-40-44-48-52-56-60-64-68-72-83-77(82)71-67-63-59-55-51-47-43-39-22-20-18-16-14-12-10-8-6-4-2/h20,22-23,25,74-75,79-80H,3-19,21,24,26-73H2,1-2H3,(H,78,81)/b22-20-,25-23-. The molecular weight excluding hydrogens is 1020 g/mol. The van der Waals surface area contributed by atoms with E-state index in [4.69, 9.17) is 4.74 Å². The molecule has 2 atom stereocenters. The van der Waals surface area contributed by atoms with Crippen molar-refractivity contribution in [2.45, 2.75) is 443 Å². The molecular formula is C77H149NO5. The van der Waals surface area contributed by atoms with E-state index < -0.39 is 12.1 Å². The molecule has 0 fully saturated rings. The molecule has 1 amide bonds. The van der Waals surface area contributed by atoms with Gasteiger partial charge in [0.2, 0.25) is 5.91 Å². The first-order valence-electron chi connectivity index (χ1n) is 38.1. The molecule has 0 rings (SSSR count). The van der Waals surface area contributed by atoms with E-state index in [1.54, 1.807) is 0 Å². The van der Waals surface area contributed by atoms with Gasteiger partial charge in [0.1, 0.15) is 0 Å². The summed E-state index contributed by atoms with van der Waals surface area (Å²) in [6.45, 7) is 5.00. The lowest BCUT2D eigenvalue weighted by molar-refractivity contribution is -0.143.